The number of hydrogen-bond donors (Lipinski definition) is 0. The van der Waals surface area contributed by atoms with Crippen LogP contribution in [0.15, 0.2) is 42.9 Å². The maximum Gasteiger partial charge on any atom is 0.115 e. The van der Waals surface area contributed by atoms with E-state index in [1.54, 1.807) is 0 Å². The van der Waals surface area contributed by atoms with Gasteiger partial charge in [0.15, 0.2) is 0 Å². The molecule has 4 rings (SSSR count). The molecule has 0 N–H and O–H groups in total. The van der Waals surface area contributed by atoms with Crippen molar-refractivity contribution in [2.75, 3.05) is 26.2 Å². The lowest BCUT2D eigenvalue weighted by molar-refractivity contribution is -0.0360. The second-order valence-electron chi connectivity index (χ2n) is 6.12. The number of rotatable bonds is 4. The molecular formula is C18H21N5O. The fourth-order valence-corrected chi connectivity index (χ4v) is 3.22. The van der Waals surface area contributed by atoms with Crippen molar-refractivity contribution in [2.24, 2.45) is 0 Å². The van der Waals surface area contributed by atoms with Crippen LogP contribution in [0.5, 0.6) is 0 Å². The van der Waals surface area contributed by atoms with Crippen LogP contribution in [-0.2, 0) is 11.3 Å². The highest BCUT2D eigenvalue weighted by Gasteiger charge is 2.20. The van der Waals surface area contributed by atoms with Gasteiger partial charge in [0.1, 0.15) is 5.69 Å². The molecule has 1 aromatic carbocycles. The standard InChI is InChI=1S/C18H21N5O/c1-2-22-7-8-24-15(11-22)12-23-13-18(20-21-23)17-10-19-9-14-5-3-4-6-16(14)17/h3-6,9-10,13,15H,2,7-8,11-12H2,1H3. The number of hydrogen-bond acceptors (Lipinski definition) is 5. The molecule has 0 amide bonds. The van der Waals surface area contributed by atoms with Gasteiger partial charge in [0.25, 0.3) is 0 Å². The van der Waals surface area contributed by atoms with Crippen LogP contribution in [0.4, 0.5) is 0 Å². The lowest BCUT2D eigenvalue weighted by Crippen LogP contribution is -2.44. The predicted molar refractivity (Wildman–Crippen MR) is 92.6 cm³/mol. The van der Waals surface area contributed by atoms with E-state index in [2.05, 4.69) is 39.3 Å². The van der Waals surface area contributed by atoms with Gasteiger partial charge in [0.2, 0.25) is 0 Å². The summed E-state index contributed by atoms with van der Waals surface area (Å²) in [5.41, 5.74) is 1.86. The Morgan fingerprint density at radius 2 is 2.17 bits per heavy atom. The van der Waals surface area contributed by atoms with Gasteiger partial charge in [-0.25, -0.2) is 4.68 Å². The van der Waals surface area contributed by atoms with E-state index in [1.807, 2.05) is 35.4 Å². The monoisotopic (exact) mass is 323 g/mol. The Bertz CT molecular complexity index is 826. The fourth-order valence-electron chi connectivity index (χ4n) is 3.22. The van der Waals surface area contributed by atoms with Gasteiger partial charge in [-0.2, -0.15) is 0 Å². The maximum atomic E-state index is 5.86. The van der Waals surface area contributed by atoms with E-state index >= 15 is 0 Å². The summed E-state index contributed by atoms with van der Waals surface area (Å²) in [4.78, 5) is 6.73. The molecule has 24 heavy (non-hydrogen) atoms. The lowest BCUT2D eigenvalue weighted by Gasteiger charge is -2.31. The summed E-state index contributed by atoms with van der Waals surface area (Å²) in [5.74, 6) is 0. The third-order valence-electron chi connectivity index (χ3n) is 4.54. The molecule has 6 heteroatoms. The van der Waals surface area contributed by atoms with Gasteiger partial charge in [0, 0.05) is 36.4 Å². The van der Waals surface area contributed by atoms with Crippen molar-refractivity contribution in [3.05, 3.63) is 42.9 Å². The highest BCUT2D eigenvalue weighted by molar-refractivity contribution is 5.94. The number of likely N-dealkylation sites (N-methyl/N-ethyl adjacent to an activating group) is 1. The first-order valence-corrected chi connectivity index (χ1v) is 8.40. The van der Waals surface area contributed by atoms with Crippen molar-refractivity contribution in [1.82, 2.24) is 24.9 Å². The van der Waals surface area contributed by atoms with Gasteiger partial charge in [0.05, 0.1) is 25.5 Å². The molecule has 0 bridgehead atoms. The van der Waals surface area contributed by atoms with E-state index in [9.17, 15) is 0 Å². The van der Waals surface area contributed by atoms with Gasteiger partial charge in [-0.05, 0) is 11.9 Å². The molecule has 1 fully saturated rings. The van der Waals surface area contributed by atoms with E-state index in [-0.39, 0.29) is 6.10 Å². The molecule has 6 nitrogen and oxygen atoms in total. The average Bonchev–Trinajstić information content (AvgIpc) is 3.09. The van der Waals surface area contributed by atoms with Gasteiger partial charge in [-0.3, -0.25) is 9.88 Å². The van der Waals surface area contributed by atoms with Crippen molar-refractivity contribution in [3.63, 3.8) is 0 Å². The molecule has 3 heterocycles. The van der Waals surface area contributed by atoms with E-state index in [0.29, 0.717) is 0 Å². The van der Waals surface area contributed by atoms with Crippen molar-refractivity contribution >= 4 is 10.8 Å². The Balaban J connectivity index is 1.56. The second kappa shape index (κ2) is 6.67. The number of pyridine rings is 1. The van der Waals surface area contributed by atoms with Crippen LogP contribution in [0.1, 0.15) is 6.92 Å². The van der Waals surface area contributed by atoms with Crippen molar-refractivity contribution < 1.29 is 4.74 Å². The van der Waals surface area contributed by atoms with Gasteiger partial charge in [-0.15, -0.1) is 5.10 Å². The summed E-state index contributed by atoms with van der Waals surface area (Å²) in [6.07, 6.45) is 5.88. The molecule has 0 aliphatic carbocycles. The smallest absolute Gasteiger partial charge is 0.115 e. The van der Waals surface area contributed by atoms with Gasteiger partial charge in [-0.1, -0.05) is 36.4 Å². The number of benzene rings is 1. The zero-order valence-electron chi connectivity index (χ0n) is 13.8. The minimum Gasteiger partial charge on any atom is -0.374 e. The van der Waals surface area contributed by atoms with Gasteiger partial charge >= 0.3 is 0 Å². The largest absolute Gasteiger partial charge is 0.374 e. The Labute approximate surface area is 141 Å². The van der Waals surface area contributed by atoms with Crippen molar-refractivity contribution in [3.8, 4) is 11.3 Å². The summed E-state index contributed by atoms with van der Waals surface area (Å²) in [7, 11) is 0. The molecular weight excluding hydrogens is 302 g/mol. The van der Waals surface area contributed by atoms with Crippen molar-refractivity contribution in [1.29, 1.82) is 0 Å². The lowest BCUT2D eigenvalue weighted by atomic mass is 10.1. The zero-order chi connectivity index (χ0) is 16.4. The topological polar surface area (TPSA) is 56.1 Å². The van der Waals surface area contributed by atoms with Crippen LogP contribution in [0.25, 0.3) is 22.0 Å². The maximum absolute atomic E-state index is 5.86. The molecule has 1 aliphatic rings. The molecule has 1 aliphatic heterocycles. The molecule has 0 radical (unpaired) electrons. The van der Waals surface area contributed by atoms with Crippen LogP contribution < -0.4 is 0 Å². The minimum absolute atomic E-state index is 0.166. The Kier molecular flexibility index (Phi) is 4.23. The second-order valence-corrected chi connectivity index (χ2v) is 6.12. The molecule has 0 spiro atoms. The fraction of sp³-hybridized carbons (Fsp3) is 0.389. The van der Waals surface area contributed by atoms with E-state index in [0.717, 1.165) is 54.8 Å². The average molecular weight is 323 g/mol. The van der Waals surface area contributed by atoms with E-state index < -0.39 is 0 Å². The SMILES string of the molecule is CCN1CCOC(Cn2cc(-c3cncc4ccccc34)nn2)C1. The van der Waals surface area contributed by atoms with Crippen LogP contribution in [0.3, 0.4) is 0 Å². The van der Waals surface area contributed by atoms with E-state index in [4.69, 9.17) is 4.74 Å². The minimum atomic E-state index is 0.166. The van der Waals surface area contributed by atoms with Gasteiger partial charge < -0.3 is 4.74 Å². The molecule has 1 saturated heterocycles. The summed E-state index contributed by atoms with van der Waals surface area (Å²) in [5, 5.41) is 10.9. The normalized spacial score (nSPS) is 19.0. The summed E-state index contributed by atoms with van der Waals surface area (Å²) < 4.78 is 7.73. The Morgan fingerprint density at radius 3 is 3.08 bits per heavy atom. The summed E-state index contributed by atoms with van der Waals surface area (Å²) >= 11 is 0. The Morgan fingerprint density at radius 1 is 1.25 bits per heavy atom. The summed E-state index contributed by atoms with van der Waals surface area (Å²) in [6.45, 7) is 6.71. The third-order valence-corrected chi connectivity index (χ3v) is 4.54. The Hall–Kier alpha value is -2.31. The molecule has 124 valence electrons. The third kappa shape index (κ3) is 3.02. The predicted octanol–water partition coefficient (Wildman–Crippen LogP) is 2.21. The first-order valence-electron chi connectivity index (χ1n) is 8.40. The molecule has 3 aromatic rings. The molecule has 0 saturated carbocycles. The number of fused-ring (bicyclic) bond motifs is 1. The first-order chi connectivity index (χ1) is 11.8. The molecule has 1 atom stereocenters. The zero-order valence-corrected chi connectivity index (χ0v) is 13.8. The quantitative estimate of drug-likeness (QED) is 0.737. The molecule has 1 unspecified atom stereocenters. The number of morpholine rings is 1. The van der Waals surface area contributed by atoms with Crippen molar-refractivity contribution in [2.45, 2.75) is 19.6 Å². The highest BCUT2D eigenvalue weighted by atomic mass is 16.5. The number of ether oxygens (including phenoxy) is 1. The number of aromatic nitrogens is 4. The van der Waals surface area contributed by atoms with Crippen LogP contribution in [0, 0.1) is 0 Å². The van der Waals surface area contributed by atoms with E-state index in [1.165, 1.54) is 0 Å². The summed E-state index contributed by atoms with van der Waals surface area (Å²) in [6, 6.07) is 8.20. The molecule has 2 aromatic heterocycles. The first kappa shape index (κ1) is 15.2. The van der Waals surface area contributed by atoms with Crippen LogP contribution in [0.2, 0.25) is 0 Å². The van der Waals surface area contributed by atoms with Crippen LogP contribution in [-0.4, -0.2) is 57.2 Å². The van der Waals surface area contributed by atoms with Crippen LogP contribution >= 0.6 is 0 Å². The highest BCUT2D eigenvalue weighted by Crippen LogP contribution is 2.25. The number of nitrogens with zero attached hydrogens (tertiary/aromatic N) is 5.